The third-order valence-electron chi connectivity index (χ3n) is 4.79. The van der Waals surface area contributed by atoms with Crippen molar-refractivity contribution in [2.75, 3.05) is 19.6 Å². The van der Waals surface area contributed by atoms with Crippen molar-refractivity contribution in [3.63, 3.8) is 0 Å². The van der Waals surface area contributed by atoms with Crippen LogP contribution >= 0.6 is 0 Å². The molecular formula is C20H24FN3O3. The molecule has 3 rings (SSSR count). The molecule has 1 aliphatic rings. The molecule has 1 aliphatic heterocycles. The summed E-state index contributed by atoms with van der Waals surface area (Å²) in [5.74, 6) is -0.295. The summed E-state index contributed by atoms with van der Waals surface area (Å²) < 4.78 is 18.8. The highest BCUT2D eigenvalue weighted by atomic mass is 19.1. The first-order valence-electron chi connectivity index (χ1n) is 9.10. The number of piperidine rings is 1. The molecule has 0 unspecified atom stereocenters. The lowest BCUT2D eigenvalue weighted by Gasteiger charge is -2.31. The molecule has 0 spiro atoms. The lowest BCUT2D eigenvalue weighted by molar-refractivity contribution is -0.122. The Morgan fingerprint density at radius 3 is 2.63 bits per heavy atom. The van der Waals surface area contributed by atoms with Crippen molar-refractivity contribution < 1.29 is 18.4 Å². The topological polar surface area (TPSA) is 74.6 Å². The van der Waals surface area contributed by atoms with Crippen molar-refractivity contribution in [1.29, 1.82) is 0 Å². The van der Waals surface area contributed by atoms with E-state index in [2.05, 4.69) is 10.6 Å². The molecule has 2 amide bonds. The van der Waals surface area contributed by atoms with Crippen molar-refractivity contribution in [2.45, 2.75) is 32.4 Å². The average molecular weight is 373 g/mol. The van der Waals surface area contributed by atoms with Crippen molar-refractivity contribution >= 4 is 11.8 Å². The van der Waals surface area contributed by atoms with Crippen LogP contribution in [0.25, 0.3) is 0 Å². The predicted molar refractivity (Wildman–Crippen MR) is 98.6 cm³/mol. The largest absolute Gasteiger partial charge is 0.459 e. The Morgan fingerprint density at radius 2 is 1.96 bits per heavy atom. The molecule has 0 saturated carbocycles. The fourth-order valence-electron chi connectivity index (χ4n) is 3.19. The molecule has 144 valence electrons. The zero-order valence-electron chi connectivity index (χ0n) is 15.3. The van der Waals surface area contributed by atoms with Crippen LogP contribution < -0.4 is 10.6 Å². The molecular weight excluding hydrogens is 349 g/mol. The Labute approximate surface area is 157 Å². The molecule has 0 atom stereocenters. The van der Waals surface area contributed by atoms with E-state index in [-0.39, 0.29) is 36.8 Å². The van der Waals surface area contributed by atoms with Crippen LogP contribution in [0.5, 0.6) is 0 Å². The van der Waals surface area contributed by atoms with Crippen molar-refractivity contribution in [1.82, 2.24) is 15.5 Å². The van der Waals surface area contributed by atoms with Crippen LogP contribution in [0.3, 0.4) is 0 Å². The van der Waals surface area contributed by atoms with E-state index >= 15 is 0 Å². The summed E-state index contributed by atoms with van der Waals surface area (Å²) in [6.07, 6.45) is 3.05. The van der Waals surface area contributed by atoms with Crippen LogP contribution in [0, 0.1) is 12.7 Å². The second-order valence-electron chi connectivity index (χ2n) is 6.82. The Hall–Kier alpha value is -2.67. The van der Waals surface area contributed by atoms with Gasteiger partial charge in [-0.1, -0.05) is 18.2 Å². The molecule has 2 N–H and O–H groups in total. The highest BCUT2D eigenvalue weighted by Gasteiger charge is 2.23. The molecule has 7 heteroatoms. The van der Waals surface area contributed by atoms with Crippen LogP contribution in [0.2, 0.25) is 0 Å². The van der Waals surface area contributed by atoms with E-state index < -0.39 is 0 Å². The van der Waals surface area contributed by atoms with Crippen LogP contribution in [0.4, 0.5) is 4.39 Å². The number of carbonyl (C=O) groups excluding carboxylic acids is 2. The number of hydrogen-bond donors (Lipinski definition) is 2. The number of carbonyl (C=O) groups is 2. The van der Waals surface area contributed by atoms with E-state index in [1.165, 1.54) is 12.3 Å². The normalized spacial score (nSPS) is 15.5. The number of furan rings is 1. The number of benzene rings is 1. The monoisotopic (exact) mass is 373 g/mol. The van der Waals surface area contributed by atoms with Crippen LogP contribution in [-0.2, 0) is 11.3 Å². The number of aryl methyl sites for hydroxylation is 1. The first kappa shape index (κ1) is 19.1. The Kier molecular flexibility index (Phi) is 6.24. The summed E-state index contributed by atoms with van der Waals surface area (Å²) in [5, 5.41) is 5.74. The van der Waals surface area contributed by atoms with E-state index in [0.29, 0.717) is 11.3 Å². The average Bonchev–Trinajstić information content (AvgIpc) is 3.09. The standard InChI is InChI=1S/C20H24FN3O3/c1-14-8-11-27-19(14)20(26)23-16-6-9-24(10-7-16)13-18(25)22-12-15-4-2-3-5-17(15)21/h2-5,8,11,16H,6-7,9-10,12-13H2,1H3,(H,22,25)(H,23,26). The van der Waals surface area contributed by atoms with Gasteiger partial charge < -0.3 is 15.1 Å². The third kappa shape index (κ3) is 5.17. The minimum absolute atomic E-state index is 0.0692. The molecule has 0 radical (unpaired) electrons. The molecule has 1 aromatic carbocycles. The summed E-state index contributed by atoms with van der Waals surface area (Å²) in [6.45, 7) is 3.72. The minimum Gasteiger partial charge on any atom is -0.459 e. The molecule has 1 aromatic heterocycles. The minimum atomic E-state index is -0.318. The molecule has 1 fully saturated rings. The molecule has 0 bridgehead atoms. The predicted octanol–water partition coefficient (Wildman–Crippen LogP) is 2.24. The van der Waals surface area contributed by atoms with Gasteiger partial charge in [0.2, 0.25) is 5.91 Å². The molecule has 27 heavy (non-hydrogen) atoms. The fraction of sp³-hybridized carbons (Fsp3) is 0.400. The van der Waals surface area contributed by atoms with E-state index in [1.807, 2.05) is 11.8 Å². The van der Waals surface area contributed by atoms with Gasteiger partial charge in [-0.3, -0.25) is 14.5 Å². The zero-order valence-corrected chi connectivity index (χ0v) is 15.3. The van der Waals surface area contributed by atoms with Gasteiger partial charge in [0.15, 0.2) is 5.76 Å². The number of amides is 2. The summed E-state index contributed by atoms with van der Waals surface area (Å²) in [7, 11) is 0. The van der Waals surface area contributed by atoms with Gasteiger partial charge in [-0.25, -0.2) is 4.39 Å². The number of hydrogen-bond acceptors (Lipinski definition) is 4. The maximum atomic E-state index is 13.6. The maximum absolute atomic E-state index is 13.6. The number of rotatable bonds is 6. The van der Waals surface area contributed by atoms with Gasteiger partial charge in [0.25, 0.3) is 5.91 Å². The van der Waals surface area contributed by atoms with E-state index in [0.717, 1.165) is 31.5 Å². The van der Waals surface area contributed by atoms with Gasteiger partial charge in [0.05, 0.1) is 12.8 Å². The lowest BCUT2D eigenvalue weighted by Crippen LogP contribution is -2.47. The number of nitrogens with one attached hydrogen (secondary N) is 2. The summed E-state index contributed by atoms with van der Waals surface area (Å²) in [4.78, 5) is 26.3. The number of likely N-dealkylation sites (tertiary alicyclic amines) is 1. The second kappa shape index (κ2) is 8.81. The molecule has 2 aromatic rings. The quantitative estimate of drug-likeness (QED) is 0.814. The summed E-state index contributed by atoms with van der Waals surface area (Å²) in [5.41, 5.74) is 1.29. The highest BCUT2D eigenvalue weighted by molar-refractivity contribution is 5.93. The highest BCUT2D eigenvalue weighted by Crippen LogP contribution is 2.13. The van der Waals surface area contributed by atoms with Crippen molar-refractivity contribution in [2.24, 2.45) is 0 Å². The Bertz CT molecular complexity index is 797. The van der Waals surface area contributed by atoms with E-state index in [9.17, 15) is 14.0 Å². The smallest absolute Gasteiger partial charge is 0.287 e. The van der Waals surface area contributed by atoms with Gasteiger partial charge in [-0.2, -0.15) is 0 Å². The van der Waals surface area contributed by atoms with Gasteiger partial charge in [-0.15, -0.1) is 0 Å². The number of halogens is 1. The first-order chi connectivity index (χ1) is 13.0. The van der Waals surface area contributed by atoms with E-state index in [4.69, 9.17) is 4.42 Å². The van der Waals surface area contributed by atoms with Crippen molar-refractivity contribution in [3.05, 3.63) is 59.3 Å². The van der Waals surface area contributed by atoms with Crippen LogP contribution in [-0.4, -0.2) is 42.4 Å². The fourth-order valence-corrected chi connectivity index (χ4v) is 3.19. The Balaban J connectivity index is 1.39. The maximum Gasteiger partial charge on any atom is 0.287 e. The van der Waals surface area contributed by atoms with E-state index in [1.54, 1.807) is 24.3 Å². The van der Waals surface area contributed by atoms with Gasteiger partial charge >= 0.3 is 0 Å². The second-order valence-corrected chi connectivity index (χ2v) is 6.82. The third-order valence-corrected chi connectivity index (χ3v) is 4.79. The van der Waals surface area contributed by atoms with Gasteiger partial charge in [0.1, 0.15) is 5.82 Å². The lowest BCUT2D eigenvalue weighted by atomic mass is 10.0. The van der Waals surface area contributed by atoms with Crippen LogP contribution in [0.1, 0.15) is 34.5 Å². The van der Waals surface area contributed by atoms with Crippen molar-refractivity contribution in [3.8, 4) is 0 Å². The summed E-state index contributed by atoms with van der Waals surface area (Å²) >= 11 is 0. The summed E-state index contributed by atoms with van der Waals surface area (Å²) in [6, 6.07) is 8.23. The molecule has 0 aliphatic carbocycles. The molecule has 2 heterocycles. The first-order valence-corrected chi connectivity index (χ1v) is 9.10. The molecule has 6 nitrogen and oxygen atoms in total. The van der Waals surface area contributed by atoms with Gasteiger partial charge in [-0.05, 0) is 31.9 Å². The Morgan fingerprint density at radius 1 is 1.22 bits per heavy atom. The SMILES string of the molecule is Cc1ccoc1C(=O)NC1CCN(CC(=O)NCc2ccccc2F)CC1. The van der Waals surface area contributed by atoms with Crippen LogP contribution in [0.15, 0.2) is 41.0 Å². The van der Waals surface area contributed by atoms with Gasteiger partial charge in [0, 0.05) is 36.8 Å². The zero-order chi connectivity index (χ0) is 19.2. The number of nitrogens with zero attached hydrogens (tertiary/aromatic N) is 1. The molecule has 1 saturated heterocycles.